The van der Waals surface area contributed by atoms with Gasteiger partial charge in [0.05, 0.1) is 11.3 Å². The number of fused-ring (bicyclic) bond motifs is 1. The molecule has 25 heavy (non-hydrogen) atoms. The van der Waals surface area contributed by atoms with Gasteiger partial charge in [0.15, 0.2) is 0 Å². The summed E-state index contributed by atoms with van der Waals surface area (Å²) >= 11 is 0. The Hall–Kier alpha value is -3.15. The highest BCUT2D eigenvalue weighted by molar-refractivity contribution is 6.09. The van der Waals surface area contributed by atoms with Crippen molar-refractivity contribution >= 4 is 29.1 Å². The Balaban J connectivity index is 1.59. The summed E-state index contributed by atoms with van der Waals surface area (Å²) < 4.78 is 0. The molecule has 2 aromatic rings. The van der Waals surface area contributed by atoms with Gasteiger partial charge < -0.3 is 16.0 Å². The molecule has 0 aliphatic carbocycles. The molecule has 0 radical (unpaired) electrons. The third-order valence-corrected chi connectivity index (χ3v) is 4.05. The van der Waals surface area contributed by atoms with Gasteiger partial charge in [-0.05, 0) is 37.6 Å². The van der Waals surface area contributed by atoms with Gasteiger partial charge >= 0.3 is 0 Å². The van der Waals surface area contributed by atoms with E-state index in [4.69, 9.17) is 0 Å². The molecule has 6 heteroatoms. The summed E-state index contributed by atoms with van der Waals surface area (Å²) in [6.45, 7) is 1.97. The second-order valence-corrected chi connectivity index (χ2v) is 6.01. The number of carbonyl (C=O) groups is 3. The topological polar surface area (TPSA) is 87.3 Å². The number of hydrogen-bond acceptors (Lipinski definition) is 3. The van der Waals surface area contributed by atoms with Gasteiger partial charge in [0.1, 0.15) is 6.04 Å². The van der Waals surface area contributed by atoms with Gasteiger partial charge in [-0.3, -0.25) is 14.4 Å². The van der Waals surface area contributed by atoms with Crippen molar-refractivity contribution in [2.24, 2.45) is 0 Å². The predicted molar refractivity (Wildman–Crippen MR) is 95.4 cm³/mol. The molecule has 0 aromatic heterocycles. The van der Waals surface area contributed by atoms with Crippen LogP contribution in [0.15, 0.2) is 48.5 Å². The van der Waals surface area contributed by atoms with Crippen molar-refractivity contribution in [1.29, 1.82) is 0 Å². The molecule has 3 N–H and O–H groups in total. The van der Waals surface area contributed by atoms with Crippen LogP contribution in [-0.4, -0.2) is 23.8 Å². The third-order valence-electron chi connectivity index (χ3n) is 4.05. The second kappa shape index (κ2) is 7.17. The van der Waals surface area contributed by atoms with Crippen molar-refractivity contribution in [3.63, 3.8) is 0 Å². The van der Waals surface area contributed by atoms with E-state index in [1.54, 1.807) is 24.3 Å². The molecule has 0 bridgehead atoms. The summed E-state index contributed by atoms with van der Waals surface area (Å²) in [6, 6.07) is 13.5. The fourth-order valence-electron chi connectivity index (χ4n) is 2.65. The maximum Gasteiger partial charge on any atom is 0.254 e. The highest BCUT2D eigenvalue weighted by atomic mass is 16.2. The maximum atomic E-state index is 12.3. The molecular formula is C19H19N3O3. The fraction of sp³-hybridized carbons (Fsp3) is 0.211. The summed E-state index contributed by atoms with van der Waals surface area (Å²) in [5.74, 6) is -0.841. The van der Waals surface area contributed by atoms with E-state index in [0.29, 0.717) is 16.9 Å². The van der Waals surface area contributed by atoms with E-state index in [2.05, 4.69) is 16.0 Å². The molecule has 1 heterocycles. The first-order valence-electron chi connectivity index (χ1n) is 8.10. The van der Waals surface area contributed by atoms with Gasteiger partial charge in [-0.2, -0.15) is 0 Å². The van der Waals surface area contributed by atoms with E-state index >= 15 is 0 Å². The van der Waals surface area contributed by atoms with E-state index in [1.165, 1.54) is 0 Å². The predicted octanol–water partition coefficient (Wildman–Crippen LogP) is 2.46. The molecule has 0 saturated carbocycles. The first kappa shape index (κ1) is 16.7. The van der Waals surface area contributed by atoms with Crippen molar-refractivity contribution in [3.05, 3.63) is 59.7 Å². The highest BCUT2D eigenvalue weighted by Crippen LogP contribution is 2.19. The number of aryl methyl sites for hydroxylation is 1. The molecule has 0 saturated heterocycles. The lowest BCUT2D eigenvalue weighted by Gasteiger charge is -2.14. The number of nitrogens with one attached hydrogen (secondary N) is 3. The van der Waals surface area contributed by atoms with E-state index < -0.39 is 6.04 Å². The first-order valence-corrected chi connectivity index (χ1v) is 8.10. The highest BCUT2D eigenvalue weighted by Gasteiger charge is 2.27. The summed E-state index contributed by atoms with van der Waals surface area (Å²) in [5.41, 5.74) is 2.71. The Morgan fingerprint density at radius 3 is 2.56 bits per heavy atom. The van der Waals surface area contributed by atoms with Crippen molar-refractivity contribution in [3.8, 4) is 0 Å². The Morgan fingerprint density at radius 2 is 1.80 bits per heavy atom. The van der Waals surface area contributed by atoms with Crippen LogP contribution in [0.4, 0.5) is 11.4 Å². The van der Waals surface area contributed by atoms with Crippen LogP contribution in [0.5, 0.6) is 0 Å². The number of carbonyl (C=O) groups excluding carboxylic acids is 3. The monoisotopic (exact) mass is 337 g/mol. The average molecular weight is 337 g/mol. The number of para-hydroxylation sites is 1. The van der Waals surface area contributed by atoms with E-state index in [9.17, 15) is 14.4 Å². The van der Waals surface area contributed by atoms with Gasteiger partial charge in [-0.25, -0.2) is 0 Å². The summed E-state index contributed by atoms with van der Waals surface area (Å²) in [4.78, 5) is 36.6. The SMILES string of the molecule is Cc1ccc(NC(=O)CCC2NC(=O)c3ccccc3NC2=O)cc1. The zero-order valence-corrected chi connectivity index (χ0v) is 13.8. The van der Waals surface area contributed by atoms with Crippen LogP contribution in [-0.2, 0) is 9.59 Å². The van der Waals surface area contributed by atoms with Gasteiger partial charge in [0.25, 0.3) is 5.91 Å². The molecule has 6 nitrogen and oxygen atoms in total. The zero-order valence-electron chi connectivity index (χ0n) is 13.8. The van der Waals surface area contributed by atoms with Crippen LogP contribution in [0.1, 0.15) is 28.8 Å². The number of hydrogen-bond donors (Lipinski definition) is 3. The van der Waals surface area contributed by atoms with Crippen LogP contribution in [0, 0.1) is 6.92 Å². The Kier molecular flexibility index (Phi) is 4.79. The molecule has 2 aromatic carbocycles. The van der Waals surface area contributed by atoms with Crippen molar-refractivity contribution in [2.45, 2.75) is 25.8 Å². The molecular weight excluding hydrogens is 318 g/mol. The lowest BCUT2D eigenvalue weighted by atomic mass is 10.1. The minimum Gasteiger partial charge on any atom is -0.340 e. The minimum absolute atomic E-state index is 0.128. The largest absolute Gasteiger partial charge is 0.340 e. The average Bonchev–Trinajstić information content (AvgIpc) is 2.72. The van der Waals surface area contributed by atoms with Crippen LogP contribution < -0.4 is 16.0 Å². The fourth-order valence-corrected chi connectivity index (χ4v) is 2.65. The quantitative estimate of drug-likeness (QED) is 0.801. The number of anilines is 2. The number of amides is 3. The number of benzene rings is 2. The van der Waals surface area contributed by atoms with Crippen LogP contribution in [0.25, 0.3) is 0 Å². The zero-order chi connectivity index (χ0) is 17.8. The molecule has 0 fully saturated rings. The third kappa shape index (κ3) is 4.03. The molecule has 1 unspecified atom stereocenters. The smallest absolute Gasteiger partial charge is 0.254 e. The molecule has 0 spiro atoms. The van der Waals surface area contributed by atoms with Crippen molar-refractivity contribution in [1.82, 2.24) is 5.32 Å². The van der Waals surface area contributed by atoms with Crippen molar-refractivity contribution < 1.29 is 14.4 Å². The van der Waals surface area contributed by atoms with Crippen LogP contribution >= 0.6 is 0 Å². The van der Waals surface area contributed by atoms with E-state index in [1.807, 2.05) is 31.2 Å². The first-order chi connectivity index (χ1) is 12.0. The van der Waals surface area contributed by atoms with Crippen molar-refractivity contribution in [2.75, 3.05) is 10.6 Å². The summed E-state index contributed by atoms with van der Waals surface area (Å²) in [7, 11) is 0. The van der Waals surface area contributed by atoms with E-state index in [-0.39, 0.29) is 30.6 Å². The van der Waals surface area contributed by atoms with Gasteiger partial charge in [-0.1, -0.05) is 29.8 Å². The molecule has 128 valence electrons. The Bertz CT molecular complexity index is 815. The standard InChI is InChI=1S/C19H19N3O3/c1-12-6-8-13(9-7-12)20-17(23)11-10-16-19(25)21-15-5-3-2-4-14(15)18(24)22-16/h2-9,16H,10-11H2,1H3,(H,20,23)(H,21,25)(H,22,24). The summed E-state index contributed by atoms with van der Waals surface area (Å²) in [5, 5.41) is 8.19. The summed E-state index contributed by atoms with van der Waals surface area (Å²) in [6.07, 6.45) is 0.353. The Labute approximate surface area is 145 Å². The van der Waals surface area contributed by atoms with Crippen LogP contribution in [0.3, 0.4) is 0 Å². The molecule has 1 atom stereocenters. The van der Waals surface area contributed by atoms with Gasteiger partial charge in [0, 0.05) is 12.1 Å². The van der Waals surface area contributed by atoms with E-state index in [0.717, 1.165) is 5.56 Å². The maximum absolute atomic E-state index is 12.3. The van der Waals surface area contributed by atoms with Gasteiger partial charge in [-0.15, -0.1) is 0 Å². The minimum atomic E-state index is -0.747. The molecule has 3 amide bonds. The lowest BCUT2D eigenvalue weighted by molar-refractivity contribution is -0.118. The molecule has 1 aliphatic rings. The Morgan fingerprint density at radius 1 is 1.08 bits per heavy atom. The second-order valence-electron chi connectivity index (χ2n) is 6.01. The molecule has 3 rings (SSSR count). The van der Waals surface area contributed by atoms with Gasteiger partial charge in [0.2, 0.25) is 11.8 Å². The van der Waals surface area contributed by atoms with Crippen LogP contribution in [0.2, 0.25) is 0 Å². The lowest BCUT2D eigenvalue weighted by Crippen LogP contribution is -2.41. The molecule has 1 aliphatic heterocycles. The number of rotatable bonds is 4. The normalized spacial score (nSPS) is 16.3.